The lowest BCUT2D eigenvalue weighted by Gasteiger charge is -2.00. The van der Waals surface area contributed by atoms with Crippen molar-refractivity contribution in [2.45, 2.75) is 57.8 Å². The van der Waals surface area contributed by atoms with E-state index >= 15 is 0 Å². The molecule has 0 aliphatic heterocycles. The zero-order valence-electron chi connectivity index (χ0n) is 10.9. The summed E-state index contributed by atoms with van der Waals surface area (Å²) in [6, 6.07) is 0. The molecule has 18 heavy (non-hydrogen) atoms. The normalized spacial score (nSPS) is 10.0. The maximum absolute atomic E-state index is 4.51. The highest BCUT2D eigenvalue weighted by Gasteiger charge is 1.91. The zero-order valence-corrected chi connectivity index (χ0v) is 12.6. The van der Waals surface area contributed by atoms with Gasteiger partial charge in [0.15, 0.2) is 0 Å². The van der Waals surface area contributed by atoms with E-state index in [0.717, 1.165) is 19.4 Å². The van der Waals surface area contributed by atoms with E-state index in [1.807, 2.05) is 0 Å². The van der Waals surface area contributed by atoms with Crippen LogP contribution in [0, 0.1) is 0 Å². The topological polar surface area (TPSA) is 24.7 Å². The highest BCUT2D eigenvalue weighted by atomic mass is 32.1. The predicted molar refractivity (Wildman–Crippen MR) is 85.6 cm³/mol. The van der Waals surface area contributed by atoms with Crippen molar-refractivity contribution >= 4 is 34.8 Å². The lowest BCUT2D eigenvalue weighted by Crippen LogP contribution is -1.83. The molecule has 0 atom stereocenters. The van der Waals surface area contributed by atoms with Gasteiger partial charge in [-0.1, -0.05) is 44.6 Å². The number of thiocarbonyl (C=S) groups is 2. The summed E-state index contributed by atoms with van der Waals surface area (Å²) < 4.78 is 0. The number of unbranched alkanes of at least 4 members (excludes halogenated alkanes) is 8. The minimum Gasteiger partial charge on any atom is -0.233 e. The Bertz CT molecular complexity index is 301. The molecule has 0 aromatic heterocycles. The SMILES string of the molecule is S=C=N/C=C\CCCCCCCCCCN=C=S. The first-order valence-corrected chi connectivity index (χ1v) is 7.49. The van der Waals surface area contributed by atoms with Gasteiger partial charge in [0.25, 0.3) is 0 Å². The Morgan fingerprint density at radius 1 is 0.778 bits per heavy atom. The Morgan fingerprint density at radius 3 is 2.00 bits per heavy atom. The second-order valence-electron chi connectivity index (χ2n) is 4.20. The van der Waals surface area contributed by atoms with Gasteiger partial charge in [-0.2, -0.15) is 0 Å². The molecule has 0 aliphatic rings. The van der Waals surface area contributed by atoms with Crippen molar-refractivity contribution in [1.82, 2.24) is 0 Å². The third-order valence-corrected chi connectivity index (χ3v) is 2.92. The molecule has 0 aromatic rings. The monoisotopic (exact) mass is 282 g/mol. The fourth-order valence-corrected chi connectivity index (χ4v) is 1.87. The van der Waals surface area contributed by atoms with Gasteiger partial charge in [0.05, 0.1) is 10.3 Å². The quantitative estimate of drug-likeness (QED) is 0.278. The van der Waals surface area contributed by atoms with Gasteiger partial charge in [0.2, 0.25) is 0 Å². The van der Waals surface area contributed by atoms with E-state index in [1.165, 1.54) is 44.9 Å². The molecule has 0 saturated heterocycles. The van der Waals surface area contributed by atoms with Gasteiger partial charge in [-0.3, -0.25) is 0 Å². The summed E-state index contributed by atoms with van der Waals surface area (Å²) in [7, 11) is 0. The smallest absolute Gasteiger partial charge is 0.0634 e. The van der Waals surface area contributed by atoms with Crippen LogP contribution in [0.3, 0.4) is 0 Å². The second kappa shape index (κ2) is 16.3. The molecule has 100 valence electrons. The zero-order chi connectivity index (χ0) is 13.3. The van der Waals surface area contributed by atoms with Crippen molar-refractivity contribution < 1.29 is 0 Å². The Morgan fingerprint density at radius 2 is 1.39 bits per heavy atom. The number of nitrogens with zero attached hydrogens (tertiary/aromatic N) is 2. The number of isothiocyanates is 2. The summed E-state index contributed by atoms with van der Waals surface area (Å²) in [5.41, 5.74) is 0. The van der Waals surface area contributed by atoms with E-state index in [4.69, 9.17) is 0 Å². The lowest BCUT2D eigenvalue weighted by atomic mass is 10.1. The molecule has 0 aliphatic carbocycles. The van der Waals surface area contributed by atoms with Crippen LogP contribution in [0.25, 0.3) is 0 Å². The summed E-state index contributed by atoms with van der Waals surface area (Å²) in [4.78, 5) is 7.63. The third kappa shape index (κ3) is 15.3. The molecule has 2 nitrogen and oxygen atoms in total. The first kappa shape index (κ1) is 17.3. The summed E-state index contributed by atoms with van der Waals surface area (Å²) in [5, 5.41) is 4.71. The average Bonchev–Trinajstić information content (AvgIpc) is 2.39. The standard InChI is InChI=1S/C14H22N2S2/c17-13-15-11-9-7-5-3-1-2-4-6-8-10-12-16-14-18/h9,11H,1-8,10,12H2/b11-9-. The minimum atomic E-state index is 0.847. The number of allylic oxidation sites excluding steroid dienone is 1. The van der Waals surface area contributed by atoms with Gasteiger partial charge in [-0.05, 0) is 43.7 Å². The largest absolute Gasteiger partial charge is 0.233 e. The van der Waals surface area contributed by atoms with Gasteiger partial charge >= 0.3 is 0 Å². The molecule has 0 radical (unpaired) electrons. The van der Waals surface area contributed by atoms with Crippen molar-refractivity contribution in [2.24, 2.45) is 9.98 Å². The van der Waals surface area contributed by atoms with E-state index in [2.05, 4.69) is 50.8 Å². The number of hydrogen-bond acceptors (Lipinski definition) is 4. The fraction of sp³-hybridized carbons (Fsp3) is 0.714. The fourth-order valence-electron chi connectivity index (χ4n) is 1.72. The predicted octanol–water partition coefficient (Wildman–Crippen LogP) is 5.22. The van der Waals surface area contributed by atoms with Crippen LogP contribution in [0.1, 0.15) is 57.8 Å². The lowest BCUT2D eigenvalue weighted by molar-refractivity contribution is 0.572. The van der Waals surface area contributed by atoms with Gasteiger partial charge in [-0.25, -0.2) is 9.98 Å². The van der Waals surface area contributed by atoms with E-state index < -0.39 is 0 Å². The summed E-state index contributed by atoms with van der Waals surface area (Å²) in [6.45, 7) is 0.847. The van der Waals surface area contributed by atoms with Crippen LogP contribution < -0.4 is 0 Å². The summed E-state index contributed by atoms with van der Waals surface area (Å²) >= 11 is 8.97. The molecule has 0 spiro atoms. The van der Waals surface area contributed by atoms with Crippen LogP contribution >= 0.6 is 24.4 Å². The molecular weight excluding hydrogens is 260 g/mol. The molecule has 4 heteroatoms. The van der Waals surface area contributed by atoms with Gasteiger partial charge in [-0.15, -0.1) is 0 Å². The highest BCUT2D eigenvalue weighted by molar-refractivity contribution is 7.78. The molecule has 0 bridgehead atoms. The van der Waals surface area contributed by atoms with Crippen molar-refractivity contribution in [3.8, 4) is 0 Å². The highest BCUT2D eigenvalue weighted by Crippen LogP contribution is 2.09. The molecule has 0 unspecified atom stereocenters. The molecule has 0 rings (SSSR count). The van der Waals surface area contributed by atoms with E-state index in [-0.39, 0.29) is 0 Å². The second-order valence-corrected chi connectivity index (χ2v) is 4.56. The Balaban J connectivity index is 3.07. The van der Waals surface area contributed by atoms with Crippen LogP contribution in [0.5, 0.6) is 0 Å². The molecule has 0 aromatic carbocycles. The first-order valence-electron chi connectivity index (χ1n) is 6.67. The Hall–Kier alpha value is -0.660. The van der Waals surface area contributed by atoms with E-state index in [1.54, 1.807) is 6.20 Å². The van der Waals surface area contributed by atoms with Crippen LogP contribution in [-0.4, -0.2) is 16.9 Å². The van der Waals surface area contributed by atoms with Crippen molar-refractivity contribution in [2.75, 3.05) is 6.54 Å². The number of aliphatic imine (C=N–C) groups is 2. The van der Waals surface area contributed by atoms with Gasteiger partial charge in [0, 0.05) is 12.7 Å². The van der Waals surface area contributed by atoms with Crippen molar-refractivity contribution in [3.05, 3.63) is 12.3 Å². The van der Waals surface area contributed by atoms with Crippen LogP contribution in [0.4, 0.5) is 0 Å². The van der Waals surface area contributed by atoms with Crippen LogP contribution in [-0.2, 0) is 0 Å². The van der Waals surface area contributed by atoms with Gasteiger partial charge in [0.1, 0.15) is 0 Å². The molecular formula is C14H22N2S2. The summed E-state index contributed by atoms with van der Waals surface area (Å²) in [6.07, 6.45) is 15.2. The molecule has 0 fully saturated rings. The van der Waals surface area contributed by atoms with Crippen molar-refractivity contribution in [3.63, 3.8) is 0 Å². The van der Waals surface area contributed by atoms with Crippen LogP contribution in [0.2, 0.25) is 0 Å². The molecule has 0 heterocycles. The Kier molecular flexibility index (Phi) is 15.7. The average molecular weight is 282 g/mol. The maximum Gasteiger partial charge on any atom is 0.0634 e. The van der Waals surface area contributed by atoms with E-state index in [9.17, 15) is 0 Å². The Labute approximate surface area is 121 Å². The third-order valence-electron chi connectivity index (χ3n) is 2.69. The first-order chi connectivity index (χ1) is 8.91. The van der Waals surface area contributed by atoms with Crippen LogP contribution in [0.15, 0.2) is 22.3 Å². The maximum atomic E-state index is 4.51. The van der Waals surface area contributed by atoms with Gasteiger partial charge < -0.3 is 0 Å². The molecule has 0 N–H and O–H groups in total. The summed E-state index contributed by atoms with van der Waals surface area (Å²) in [5.74, 6) is 0. The number of rotatable bonds is 12. The molecule has 0 saturated carbocycles. The molecule has 0 amide bonds. The van der Waals surface area contributed by atoms with Crippen molar-refractivity contribution in [1.29, 1.82) is 0 Å². The number of hydrogen-bond donors (Lipinski definition) is 0. The minimum absolute atomic E-state index is 0.847. The van der Waals surface area contributed by atoms with E-state index in [0.29, 0.717) is 0 Å².